The van der Waals surface area contributed by atoms with E-state index in [0.29, 0.717) is 18.8 Å². The van der Waals surface area contributed by atoms with Gasteiger partial charge in [0.05, 0.1) is 26.5 Å². The zero-order valence-electron chi connectivity index (χ0n) is 23.7. The predicted octanol–water partition coefficient (Wildman–Crippen LogP) is 4.32. The molecule has 3 aromatic rings. The zero-order chi connectivity index (χ0) is 27.7. The summed E-state index contributed by atoms with van der Waals surface area (Å²) in [6.45, 7) is 7.64. The number of nitrogens with zero attached hydrogens (tertiary/aromatic N) is 4. The van der Waals surface area contributed by atoms with Gasteiger partial charge in [-0.25, -0.2) is 0 Å². The molecule has 3 heterocycles. The van der Waals surface area contributed by atoms with Crippen molar-refractivity contribution >= 4 is 11.6 Å². The fourth-order valence-corrected chi connectivity index (χ4v) is 5.59. The Balaban J connectivity index is 1.07. The van der Waals surface area contributed by atoms with E-state index in [9.17, 15) is 4.79 Å². The number of carbonyl (C=O) groups excluding carboxylic acids is 1. The standard InChI is InChI=1S/C32H40N4O4/c1-38-28-13-12-25(24-30(28)39-2)14-18-35-21-19-34(20-22-35)16-7-23-40-29-11-5-8-26-9-6-17-36(31(26)29)32(37)27-10-3-4-15-33-27/h3-5,8,10-13,15,24H,6-7,9,14,16-23H2,1-2H3. The summed E-state index contributed by atoms with van der Waals surface area (Å²) in [7, 11) is 3.34. The van der Waals surface area contributed by atoms with Crippen LogP contribution >= 0.6 is 0 Å². The number of hydrogen-bond donors (Lipinski definition) is 0. The lowest BCUT2D eigenvalue weighted by atomic mass is 10.0. The highest BCUT2D eigenvalue weighted by atomic mass is 16.5. The molecule has 1 saturated heterocycles. The average Bonchev–Trinajstić information content (AvgIpc) is 3.02. The molecule has 2 aliphatic heterocycles. The number of carbonyl (C=O) groups is 1. The van der Waals surface area contributed by atoms with E-state index in [1.54, 1.807) is 26.5 Å². The third-order valence-corrected chi connectivity index (χ3v) is 7.82. The number of benzene rings is 2. The minimum Gasteiger partial charge on any atom is -0.493 e. The van der Waals surface area contributed by atoms with Gasteiger partial charge < -0.3 is 28.9 Å². The summed E-state index contributed by atoms with van der Waals surface area (Å²) in [5.41, 5.74) is 3.80. The maximum Gasteiger partial charge on any atom is 0.276 e. The molecule has 8 nitrogen and oxygen atoms in total. The summed E-state index contributed by atoms with van der Waals surface area (Å²) < 4.78 is 17.1. The third-order valence-electron chi connectivity index (χ3n) is 7.82. The van der Waals surface area contributed by atoms with Crippen LogP contribution in [-0.2, 0) is 12.8 Å². The van der Waals surface area contributed by atoms with Gasteiger partial charge in [0, 0.05) is 52.0 Å². The van der Waals surface area contributed by atoms with Crippen molar-refractivity contribution < 1.29 is 19.0 Å². The number of hydrogen-bond acceptors (Lipinski definition) is 7. The zero-order valence-corrected chi connectivity index (χ0v) is 23.7. The Morgan fingerprint density at radius 2 is 1.65 bits per heavy atom. The minimum atomic E-state index is -0.0680. The maximum atomic E-state index is 13.2. The fraction of sp³-hybridized carbons (Fsp3) is 0.438. The van der Waals surface area contributed by atoms with Crippen molar-refractivity contribution in [3.05, 3.63) is 77.6 Å². The van der Waals surface area contributed by atoms with E-state index in [4.69, 9.17) is 14.2 Å². The largest absolute Gasteiger partial charge is 0.493 e. The molecule has 0 radical (unpaired) electrons. The van der Waals surface area contributed by atoms with Crippen LogP contribution < -0.4 is 19.1 Å². The van der Waals surface area contributed by atoms with E-state index in [0.717, 1.165) is 93.5 Å². The van der Waals surface area contributed by atoms with Crippen LogP contribution in [-0.4, -0.2) is 87.3 Å². The van der Waals surface area contributed by atoms with Crippen LogP contribution in [0.4, 0.5) is 5.69 Å². The summed E-state index contributed by atoms with van der Waals surface area (Å²) in [5, 5.41) is 0. The number of anilines is 1. The van der Waals surface area contributed by atoms with Crippen LogP contribution in [0, 0.1) is 0 Å². The molecule has 2 aromatic carbocycles. The van der Waals surface area contributed by atoms with Crippen LogP contribution in [0.1, 0.15) is 34.5 Å². The Labute approximate surface area is 237 Å². The molecule has 212 valence electrons. The molecule has 0 saturated carbocycles. The number of methoxy groups -OCH3 is 2. The number of fused-ring (bicyclic) bond motifs is 1. The number of amides is 1. The highest BCUT2D eigenvalue weighted by Crippen LogP contribution is 2.37. The van der Waals surface area contributed by atoms with Gasteiger partial charge in [0.15, 0.2) is 11.5 Å². The summed E-state index contributed by atoms with van der Waals surface area (Å²) in [4.78, 5) is 24.4. The summed E-state index contributed by atoms with van der Waals surface area (Å²) in [6, 6.07) is 17.8. The molecule has 0 aliphatic carbocycles. The maximum absolute atomic E-state index is 13.2. The Kier molecular flexibility index (Phi) is 9.52. The van der Waals surface area contributed by atoms with E-state index in [1.807, 2.05) is 35.2 Å². The van der Waals surface area contributed by atoms with Gasteiger partial charge in [0.25, 0.3) is 5.91 Å². The Bertz CT molecular complexity index is 1260. The molecule has 0 N–H and O–H groups in total. The molecule has 1 aromatic heterocycles. The van der Waals surface area contributed by atoms with Gasteiger partial charge in [-0.2, -0.15) is 0 Å². The first-order chi connectivity index (χ1) is 19.7. The van der Waals surface area contributed by atoms with Crippen molar-refractivity contribution in [1.29, 1.82) is 0 Å². The van der Waals surface area contributed by atoms with E-state index in [-0.39, 0.29) is 5.91 Å². The average molecular weight is 545 g/mol. The molecule has 2 aliphatic rings. The monoisotopic (exact) mass is 544 g/mol. The highest BCUT2D eigenvalue weighted by molar-refractivity contribution is 6.06. The predicted molar refractivity (Wildman–Crippen MR) is 157 cm³/mol. The Morgan fingerprint density at radius 1 is 0.850 bits per heavy atom. The van der Waals surface area contributed by atoms with Gasteiger partial charge in [-0.3, -0.25) is 9.78 Å². The molecular weight excluding hydrogens is 504 g/mol. The molecule has 0 atom stereocenters. The lowest BCUT2D eigenvalue weighted by Gasteiger charge is -2.34. The van der Waals surface area contributed by atoms with Crippen molar-refractivity contribution in [3.63, 3.8) is 0 Å². The first-order valence-corrected chi connectivity index (χ1v) is 14.3. The first-order valence-electron chi connectivity index (χ1n) is 14.3. The van der Waals surface area contributed by atoms with Gasteiger partial charge in [-0.05, 0) is 67.1 Å². The highest BCUT2D eigenvalue weighted by Gasteiger charge is 2.27. The number of aromatic nitrogens is 1. The number of aryl methyl sites for hydroxylation is 1. The van der Waals surface area contributed by atoms with E-state index in [2.05, 4.69) is 33.0 Å². The van der Waals surface area contributed by atoms with Crippen molar-refractivity contribution in [2.75, 3.05) is 71.5 Å². The van der Waals surface area contributed by atoms with Crippen LogP contribution in [0.5, 0.6) is 17.2 Å². The van der Waals surface area contributed by atoms with E-state index >= 15 is 0 Å². The third kappa shape index (κ3) is 6.74. The van der Waals surface area contributed by atoms with Crippen LogP contribution in [0.15, 0.2) is 60.8 Å². The normalized spacial score (nSPS) is 15.9. The van der Waals surface area contributed by atoms with Crippen LogP contribution in [0.25, 0.3) is 0 Å². The number of piperazine rings is 1. The minimum absolute atomic E-state index is 0.0680. The van der Waals surface area contributed by atoms with Crippen molar-refractivity contribution in [2.45, 2.75) is 25.7 Å². The molecule has 40 heavy (non-hydrogen) atoms. The number of ether oxygens (including phenoxy) is 3. The lowest BCUT2D eigenvalue weighted by Crippen LogP contribution is -2.47. The number of para-hydroxylation sites is 1. The van der Waals surface area contributed by atoms with Crippen LogP contribution in [0.3, 0.4) is 0 Å². The number of rotatable bonds is 11. The topological polar surface area (TPSA) is 67.4 Å². The van der Waals surface area contributed by atoms with Crippen LogP contribution in [0.2, 0.25) is 0 Å². The molecule has 5 rings (SSSR count). The molecular formula is C32H40N4O4. The van der Waals surface area contributed by atoms with E-state index < -0.39 is 0 Å². The molecule has 0 spiro atoms. The molecule has 1 fully saturated rings. The van der Waals surface area contributed by atoms with Crippen molar-refractivity contribution in [1.82, 2.24) is 14.8 Å². The van der Waals surface area contributed by atoms with Crippen molar-refractivity contribution in [2.24, 2.45) is 0 Å². The SMILES string of the molecule is COc1ccc(CCN2CCN(CCCOc3cccc4c3N(C(=O)c3ccccn3)CCC4)CC2)cc1OC. The second-order valence-corrected chi connectivity index (χ2v) is 10.4. The second-order valence-electron chi connectivity index (χ2n) is 10.4. The Morgan fingerprint density at radius 3 is 2.40 bits per heavy atom. The smallest absolute Gasteiger partial charge is 0.276 e. The summed E-state index contributed by atoms with van der Waals surface area (Å²) >= 11 is 0. The second kappa shape index (κ2) is 13.6. The summed E-state index contributed by atoms with van der Waals surface area (Å²) in [6.07, 6.45) is 5.50. The fourth-order valence-electron chi connectivity index (χ4n) is 5.59. The molecule has 0 bridgehead atoms. The summed E-state index contributed by atoms with van der Waals surface area (Å²) in [5.74, 6) is 2.28. The quantitative estimate of drug-likeness (QED) is 0.333. The molecule has 0 unspecified atom stereocenters. The van der Waals surface area contributed by atoms with Gasteiger partial charge in [0.1, 0.15) is 11.4 Å². The van der Waals surface area contributed by atoms with Crippen molar-refractivity contribution in [3.8, 4) is 17.2 Å². The number of pyridine rings is 1. The first kappa shape index (κ1) is 27.9. The van der Waals surface area contributed by atoms with E-state index in [1.165, 1.54) is 5.56 Å². The molecule has 8 heteroatoms. The van der Waals surface area contributed by atoms with Gasteiger partial charge in [-0.1, -0.05) is 24.3 Å². The Hall–Kier alpha value is -3.62. The van der Waals surface area contributed by atoms with Gasteiger partial charge >= 0.3 is 0 Å². The van der Waals surface area contributed by atoms with Gasteiger partial charge in [-0.15, -0.1) is 0 Å². The molecule has 1 amide bonds. The van der Waals surface area contributed by atoms with Gasteiger partial charge in [0.2, 0.25) is 0 Å². The lowest BCUT2D eigenvalue weighted by molar-refractivity contribution is 0.0979.